The Morgan fingerprint density at radius 1 is 1.31 bits per heavy atom. The normalized spacial score (nSPS) is 15.0. The predicted molar refractivity (Wildman–Crippen MR) is 58.3 cm³/mol. The molecule has 70 valence electrons. The minimum atomic E-state index is -0.0742. The first-order valence-electron chi connectivity index (χ1n) is 4.32. The molecule has 1 rings (SSSR count). The quantitative estimate of drug-likeness (QED) is 0.743. The van der Waals surface area contributed by atoms with Gasteiger partial charge in [-0.25, -0.2) is 0 Å². The number of alkyl halides is 1. The van der Waals surface area contributed by atoms with Gasteiger partial charge in [-0.2, -0.15) is 0 Å². The summed E-state index contributed by atoms with van der Waals surface area (Å²) in [6, 6.07) is 10.0. The van der Waals surface area contributed by atoms with Gasteiger partial charge in [0.05, 0.1) is 4.83 Å². The molecule has 0 saturated carbocycles. The van der Waals surface area contributed by atoms with E-state index in [0.29, 0.717) is 0 Å². The first kappa shape index (κ1) is 10.5. The average molecular weight is 241 g/mol. The van der Waals surface area contributed by atoms with E-state index in [1.807, 2.05) is 30.3 Å². The lowest BCUT2D eigenvalue weighted by Gasteiger charge is -2.15. The molecule has 1 aromatic carbocycles. The van der Waals surface area contributed by atoms with Gasteiger partial charge in [-0.1, -0.05) is 53.2 Å². The summed E-state index contributed by atoms with van der Waals surface area (Å²) in [5, 5.41) is 0. The summed E-state index contributed by atoms with van der Waals surface area (Å²) < 4.78 is 0. The first-order chi connectivity index (χ1) is 6.13. The Bertz CT molecular complexity index is 281. The summed E-state index contributed by atoms with van der Waals surface area (Å²) in [6.07, 6.45) is 0. The number of hydrogen-bond donors (Lipinski definition) is 0. The Balaban J connectivity index is 2.79. The number of benzene rings is 1. The fraction of sp³-hybridized carbons (Fsp3) is 0.364. The minimum absolute atomic E-state index is 0.0742. The SMILES string of the molecule is CC(=O)C(Br)C(C)c1ccccc1. The van der Waals surface area contributed by atoms with Crippen molar-refractivity contribution in [1.82, 2.24) is 0 Å². The average Bonchev–Trinajstić information content (AvgIpc) is 2.17. The third-order valence-electron chi connectivity index (χ3n) is 2.15. The second-order valence-corrected chi connectivity index (χ2v) is 4.20. The Hall–Kier alpha value is -0.630. The van der Waals surface area contributed by atoms with Crippen molar-refractivity contribution in [1.29, 1.82) is 0 Å². The number of carbonyl (C=O) groups is 1. The molecule has 0 amide bonds. The van der Waals surface area contributed by atoms with E-state index in [1.54, 1.807) is 6.92 Å². The molecule has 0 radical (unpaired) electrons. The van der Waals surface area contributed by atoms with Crippen LogP contribution in [0.2, 0.25) is 0 Å². The molecule has 0 aliphatic heterocycles. The summed E-state index contributed by atoms with van der Waals surface area (Å²) in [4.78, 5) is 11.0. The summed E-state index contributed by atoms with van der Waals surface area (Å²) in [6.45, 7) is 3.66. The zero-order valence-electron chi connectivity index (χ0n) is 7.83. The summed E-state index contributed by atoms with van der Waals surface area (Å²) in [5.41, 5.74) is 1.19. The molecule has 0 aliphatic rings. The highest BCUT2D eigenvalue weighted by Crippen LogP contribution is 2.24. The van der Waals surface area contributed by atoms with Crippen LogP contribution in [0.3, 0.4) is 0 Å². The van der Waals surface area contributed by atoms with Gasteiger partial charge in [0.2, 0.25) is 0 Å². The molecule has 0 aliphatic carbocycles. The van der Waals surface area contributed by atoms with E-state index in [0.717, 1.165) is 0 Å². The largest absolute Gasteiger partial charge is 0.299 e. The molecule has 0 N–H and O–H groups in total. The zero-order chi connectivity index (χ0) is 9.84. The molecule has 13 heavy (non-hydrogen) atoms. The van der Waals surface area contributed by atoms with E-state index in [9.17, 15) is 4.79 Å². The molecule has 0 spiro atoms. The van der Waals surface area contributed by atoms with Gasteiger partial charge in [0, 0.05) is 5.92 Å². The van der Waals surface area contributed by atoms with Crippen molar-refractivity contribution in [2.75, 3.05) is 0 Å². The van der Waals surface area contributed by atoms with Crippen molar-refractivity contribution >= 4 is 21.7 Å². The molecule has 0 fully saturated rings. The standard InChI is InChI=1S/C11H13BrO/c1-8(11(12)9(2)13)10-6-4-3-5-7-10/h3-8,11H,1-2H3. The van der Waals surface area contributed by atoms with Gasteiger partial charge in [-0.15, -0.1) is 0 Å². The predicted octanol–water partition coefficient (Wildman–Crippen LogP) is 3.14. The Kier molecular flexibility index (Phi) is 3.67. The minimum Gasteiger partial charge on any atom is -0.299 e. The van der Waals surface area contributed by atoms with Crippen molar-refractivity contribution in [2.45, 2.75) is 24.6 Å². The molecule has 0 saturated heterocycles. The van der Waals surface area contributed by atoms with Crippen LogP contribution < -0.4 is 0 Å². The van der Waals surface area contributed by atoms with Gasteiger partial charge < -0.3 is 0 Å². The van der Waals surface area contributed by atoms with Crippen LogP contribution in [0.5, 0.6) is 0 Å². The molecule has 1 nitrogen and oxygen atoms in total. The van der Waals surface area contributed by atoms with Crippen LogP contribution in [0.15, 0.2) is 30.3 Å². The van der Waals surface area contributed by atoms with E-state index in [-0.39, 0.29) is 16.5 Å². The second kappa shape index (κ2) is 4.56. The third kappa shape index (κ3) is 2.66. The Labute approximate surface area is 87.3 Å². The zero-order valence-corrected chi connectivity index (χ0v) is 9.41. The van der Waals surface area contributed by atoms with Crippen molar-refractivity contribution < 1.29 is 4.79 Å². The molecule has 2 atom stereocenters. The summed E-state index contributed by atoms with van der Waals surface area (Å²) >= 11 is 3.39. The van der Waals surface area contributed by atoms with Crippen LogP contribution >= 0.6 is 15.9 Å². The Morgan fingerprint density at radius 2 is 1.85 bits per heavy atom. The number of halogens is 1. The van der Waals surface area contributed by atoms with Gasteiger partial charge in [-0.05, 0) is 12.5 Å². The van der Waals surface area contributed by atoms with Crippen LogP contribution in [0.1, 0.15) is 25.3 Å². The highest BCUT2D eigenvalue weighted by Gasteiger charge is 2.19. The molecule has 1 aromatic rings. The van der Waals surface area contributed by atoms with Crippen LogP contribution in [-0.4, -0.2) is 10.6 Å². The fourth-order valence-corrected chi connectivity index (χ4v) is 1.58. The fourth-order valence-electron chi connectivity index (χ4n) is 1.28. The van der Waals surface area contributed by atoms with Crippen LogP contribution in [0, 0.1) is 0 Å². The van der Waals surface area contributed by atoms with E-state index in [1.165, 1.54) is 5.56 Å². The monoisotopic (exact) mass is 240 g/mol. The highest BCUT2D eigenvalue weighted by atomic mass is 79.9. The smallest absolute Gasteiger partial charge is 0.144 e. The highest BCUT2D eigenvalue weighted by molar-refractivity contribution is 9.10. The summed E-state index contributed by atoms with van der Waals surface area (Å²) in [5.74, 6) is 0.412. The Morgan fingerprint density at radius 3 is 2.31 bits per heavy atom. The van der Waals surface area contributed by atoms with Gasteiger partial charge in [0.1, 0.15) is 5.78 Å². The van der Waals surface area contributed by atoms with Gasteiger partial charge >= 0.3 is 0 Å². The van der Waals surface area contributed by atoms with Gasteiger partial charge in [-0.3, -0.25) is 4.79 Å². The van der Waals surface area contributed by atoms with E-state index < -0.39 is 0 Å². The number of hydrogen-bond acceptors (Lipinski definition) is 1. The van der Waals surface area contributed by atoms with Gasteiger partial charge in [0.15, 0.2) is 0 Å². The molecule has 2 unspecified atom stereocenters. The van der Waals surface area contributed by atoms with E-state index in [4.69, 9.17) is 0 Å². The lowest BCUT2D eigenvalue weighted by Crippen LogP contribution is -2.17. The lowest BCUT2D eigenvalue weighted by atomic mass is 9.96. The molecule has 0 aromatic heterocycles. The molecular weight excluding hydrogens is 228 g/mol. The first-order valence-corrected chi connectivity index (χ1v) is 5.24. The third-order valence-corrected chi connectivity index (χ3v) is 3.59. The number of Topliss-reactive ketones (excluding diaryl/α,β-unsaturated/α-hetero) is 1. The number of carbonyl (C=O) groups excluding carboxylic acids is 1. The number of rotatable bonds is 3. The molecule has 0 bridgehead atoms. The van der Waals surface area contributed by atoms with Gasteiger partial charge in [0.25, 0.3) is 0 Å². The molecule has 2 heteroatoms. The summed E-state index contributed by atoms with van der Waals surface area (Å²) in [7, 11) is 0. The number of ketones is 1. The van der Waals surface area contributed by atoms with Crippen molar-refractivity contribution in [3.05, 3.63) is 35.9 Å². The van der Waals surface area contributed by atoms with Crippen LogP contribution in [-0.2, 0) is 4.79 Å². The van der Waals surface area contributed by atoms with Crippen molar-refractivity contribution in [2.24, 2.45) is 0 Å². The maximum Gasteiger partial charge on any atom is 0.144 e. The maximum absolute atomic E-state index is 11.1. The maximum atomic E-state index is 11.1. The second-order valence-electron chi connectivity index (χ2n) is 3.21. The topological polar surface area (TPSA) is 17.1 Å². The molecule has 0 heterocycles. The van der Waals surface area contributed by atoms with Crippen LogP contribution in [0.4, 0.5) is 0 Å². The van der Waals surface area contributed by atoms with Crippen molar-refractivity contribution in [3.8, 4) is 0 Å². The molecular formula is C11H13BrO. The lowest BCUT2D eigenvalue weighted by molar-refractivity contribution is -0.116. The van der Waals surface area contributed by atoms with Crippen LogP contribution in [0.25, 0.3) is 0 Å². The van der Waals surface area contributed by atoms with Crippen molar-refractivity contribution in [3.63, 3.8) is 0 Å². The van der Waals surface area contributed by atoms with E-state index >= 15 is 0 Å². The van der Waals surface area contributed by atoms with E-state index in [2.05, 4.69) is 22.9 Å².